The third-order valence-electron chi connectivity index (χ3n) is 3.43. The number of halogens is 3. The Morgan fingerprint density at radius 2 is 1.95 bits per heavy atom. The number of alkyl halides is 3. The molecule has 1 heterocycles. The molecule has 0 radical (unpaired) electrons. The molecule has 0 N–H and O–H groups in total. The fourth-order valence-corrected chi connectivity index (χ4v) is 2.17. The minimum atomic E-state index is -4.59. The molecular weight excluding hydrogens is 261 g/mol. The van der Waals surface area contributed by atoms with E-state index in [1.54, 1.807) is 4.90 Å². The van der Waals surface area contributed by atoms with Crippen LogP contribution in [0.25, 0.3) is 0 Å². The van der Waals surface area contributed by atoms with Gasteiger partial charge in [0.25, 0.3) is 5.69 Å². The van der Waals surface area contributed by atoms with Crippen LogP contribution in [0.5, 0.6) is 0 Å². The maximum absolute atomic E-state index is 12.7. The summed E-state index contributed by atoms with van der Waals surface area (Å²) in [5.74, 6) is 0. The van der Waals surface area contributed by atoms with Crippen molar-refractivity contribution in [2.75, 3.05) is 11.4 Å². The lowest BCUT2D eigenvalue weighted by Crippen LogP contribution is -2.56. The monoisotopic (exact) mass is 274 g/mol. The molecule has 1 aliphatic rings. The molecule has 0 amide bonds. The first kappa shape index (κ1) is 13.6. The number of non-ortho nitro benzene ring substituents is 1. The Bertz CT molecular complexity index is 526. The summed E-state index contributed by atoms with van der Waals surface area (Å²) in [6, 6.07) is 2.72. The Labute approximate surface area is 108 Å². The number of anilines is 1. The third kappa shape index (κ3) is 2.50. The van der Waals surface area contributed by atoms with E-state index in [4.69, 9.17) is 0 Å². The van der Waals surface area contributed by atoms with E-state index in [1.807, 2.05) is 13.8 Å². The van der Waals surface area contributed by atoms with Gasteiger partial charge in [-0.1, -0.05) is 0 Å². The summed E-state index contributed by atoms with van der Waals surface area (Å²) in [5.41, 5.74) is -1.54. The summed E-state index contributed by atoms with van der Waals surface area (Å²) >= 11 is 0. The van der Waals surface area contributed by atoms with Crippen LogP contribution in [0.4, 0.5) is 24.5 Å². The molecule has 0 aliphatic carbocycles. The molecule has 0 aromatic heterocycles. The van der Waals surface area contributed by atoms with E-state index in [1.165, 1.54) is 6.07 Å². The van der Waals surface area contributed by atoms with Crippen LogP contribution in [0.2, 0.25) is 0 Å². The molecule has 7 heteroatoms. The van der Waals surface area contributed by atoms with Crippen molar-refractivity contribution in [2.24, 2.45) is 0 Å². The summed E-state index contributed by atoms with van der Waals surface area (Å²) in [6.45, 7) is 4.39. The number of nitrogens with zero attached hydrogens (tertiary/aromatic N) is 2. The second-order valence-electron chi connectivity index (χ2n) is 5.21. The van der Waals surface area contributed by atoms with Crippen molar-refractivity contribution in [3.8, 4) is 0 Å². The molecule has 1 fully saturated rings. The number of rotatable bonds is 2. The standard InChI is InChI=1S/C12H13F3N2O2/c1-11(2)3-4-16(11)9-5-8(12(13,14)15)6-10(7-9)17(18)19/h5-7H,3-4H2,1-2H3. The van der Waals surface area contributed by atoms with Gasteiger partial charge in [0.1, 0.15) is 0 Å². The van der Waals surface area contributed by atoms with E-state index in [2.05, 4.69) is 0 Å². The van der Waals surface area contributed by atoms with E-state index >= 15 is 0 Å². The molecule has 4 nitrogen and oxygen atoms in total. The highest BCUT2D eigenvalue weighted by Gasteiger charge is 2.39. The van der Waals surface area contributed by atoms with E-state index < -0.39 is 22.4 Å². The molecule has 0 unspecified atom stereocenters. The van der Waals surface area contributed by atoms with E-state index in [-0.39, 0.29) is 11.2 Å². The lowest BCUT2D eigenvalue weighted by atomic mass is 9.88. The van der Waals surface area contributed by atoms with Crippen molar-refractivity contribution < 1.29 is 18.1 Å². The van der Waals surface area contributed by atoms with Crippen molar-refractivity contribution in [3.05, 3.63) is 33.9 Å². The lowest BCUT2D eigenvalue weighted by molar-refractivity contribution is -0.385. The molecule has 0 saturated carbocycles. The molecule has 1 aromatic rings. The zero-order valence-electron chi connectivity index (χ0n) is 10.5. The van der Waals surface area contributed by atoms with Crippen LogP contribution in [-0.4, -0.2) is 17.0 Å². The lowest BCUT2D eigenvalue weighted by Gasteiger charge is -2.50. The SMILES string of the molecule is CC1(C)CCN1c1cc([N+](=O)[O-])cc(C(F)(F)F)c1. The smallest absolute Gasteiger partial charge is 0.366 e. The van der Waals surface area contributed by atoms with E-state index in [9.17, 15) is 23.3 Å². The molecular formula is C12H13F3N2O2. The maximum Gasteiger partial charge on any atom is 0.416 e. The number of benzene rings is 1. The van der Waals surface area contributed by atoms with Gasteiger partial charge in [-0.15, -0.1) is 0 Å². The average molecular weight is 274 g/mol. The summed E-state index contributed by atoms with van der Waals surface area (Å²) in [4.78, 5) is 11.7. The van der Waals surface area contributed by atoms with E-state index in [0.717, 1.165) is 12.5 Å². The van der Waals surface area contributed by atoms with Gasteiger partial charge < -0.3 is 4.90 Å². The van der Waals surface area contributed by atoms with Crippen LogP contribution in [-0.2, 0) is 6.18 Å². The highest BCUT2D eigenvalue weighted by molar-refractivity contribution is 5.59. The molecule has 0 spiro atoms. The Kier molecular flexibility index (Phi) is 2.95. The normalized spacial score (nSPS) is 18.1. The van der Waals surface area contributed by atoms with Crippen LogP contribution < -0.4 is 4.90 Å². The van der Waals surface area contributed by atoms with Crippen molar-refractivity contribution in [3.63, 3.8) is 0 Å². The molecule has 2 rings (SSSR count). The van der Waals surface area contributed by atoms with Gasteiger partial charge in [0.15, 0.2) is 0 Å². The van der Waals surface area contributed by atoms with E-state index in [0.29, 0.717) is 12.6 Å². The van der Waals surface area contributed by atoms with Crippen LogP contribution in [0.15, 0.2) is 18.2 Å². The second-order valence-corrected chi connectivity index (χ2v) is 5.21. The molecule has 1 aromatic carbocycles. The van der Waals surface area contributed by atoms with Crippen molar-refractivity contribution in [2.45, 2.75) is 32.0 Å². The van der Waals surface area contributed by atoms with Gasteiger partial charge in [-0.25, -0.2) is 0 Å². The highest BCUT2D eigenvalue weighted by atomic mass is 19.4. The number of nitro benzene ring substituents is 1. The van der Waals surface area contributed by atoms with Crippen molar-refractivity contribution >= 4 is 11.4 Å². The largest absolute Gasteiger partial charge is 0.416 e. The number of nitro groups is 1. The third-order valence-corrected chi connectivity index (χ3v) is 3.43. The summed E-state index contributed by atoms with van der Waals surface area (Å²) in [7, 11) is 0. The van der Waals surface area contributed by atoms with Crippen LogP contribution >= 0.6 is 0 Å². The number of hydrogen-bond donors (Lipinski definition) is 0. The van der Waals surface area contributed by atoms with Gasteiger partial charge in [0.2, 0.25) is 0 Å². The van der Waals surface area contributed by atoms with Gasteiger partial charge in [-0.3, -0.25) is 10.1 Å². The Morgan fingerprint density at radius 3 is 2.32 bits per heavy atom. The Morgan fingerprint density at radius 1 is 1.32 bits per heavy atom. The second kappa shape index (κ2) is 4.11. The first-order valence-corrected chi connectivity index (χ1v) is 5.75. The average Bonchev–Trinajstić information content (AvgIpc) is 2.26. The van der Waals surface area contributed by atoms with Gasteiger partial charge in [0.05, 0.1) is 10.5 Å². The fraction of sp³-hybridized carbons (Fsp3) is 0.500. The molecule has 1 saturated heterocycles. The molecule has 0 atom stereocenters. The van der Waals surface area contributed by atoms with Gasteiger partial charge >= 0.3 is 6.18 Å². The summed E-state index contributed by atoms with van der Waals surface area (Å²) in [5, 5.41) is 10.7. The Balaban J connectivity index is 2.49. The fourth-order valence-electron chi connectivity index (χ4n) is 2.17. The predicted octanol–water partition coefficient (Wildman–Crippen LogP) is 3.60. The number of hydrogen-bond acceptors (Lipinski definition) is 3. The van der Waals surface area contributed by atoms with Crippen LogP contribution in [0.3, 0.4) is 0 Å². The molecule has 1 aliphatic heterocycles. The first-order chi connectivity index (χ1) is 8.61. The van der Waals surface area contributed by atoms with Crippen LogP contribution in [0.1, 0.15) is 25.8 Å². The maximum atomic E-state index is 12.7. The molecule has 19 heavy (non-hydrogen) atoms. The van der Waals surface area contributed by atoms with Gasteiger partial charge in [-0.05, 0) is 26.3 Å². The van der Waals surface area contributed by atoms with Crippen LogP contribution in [0, 0.1) is 10.1 Å². The summed E-state index contributed by atoms with van der Waals surface area (Å²) < 4.78 is 38.2. The molecule has 0 bridgehead atoms. The van der Waals surface area contributed by atoms with Crippen molar-refractivity contribution in [1.29, 1.82) is 0 Å². The Hall–Kier alpha value is -1.79. The first-order valence-electron chi connectivity index (χ1n) is 5.75. The topological polar surface area (TPSA) is 46.4 Å². The minimum absolute atomic E-state index is 0.248. The predicted molar refractivity (Wildman–Crippen MR) is 64.1 cm³/mol. The van der Waals surface area contributed by atoms with Gasteiger partial charge in [0, 0.05) is 29.9 Å². The zero-order valence-corrected chi connectivity index (χ0v) is 10.5. The summed E-state index contributed by atoms with van der Waals surface area (Å²) in [6.07, 6.45) is -3.74. The quantitative estimate of drug-likeness (QED) is 0.611. The van der Waals surface area contributed by atoms with Crippen molar-refractivity contribution in [1.82, 2.24) is 0 Å². The highest BCUT2D eigenvalue weighted by Crippen LogP contribution is 2.40. The zero-order chi connectivity index (χ0) is 14.4. The molecule has 104 valence electrons. The minimum Gasteiger partial charge on any atom is -0.366 e. The van der Waals surface area contributed by atoms with Gasteiger partial charge in [-0.2, -0.15) is 13.2 Å².